The zero-order chi connectivity index (χ0) is 16.9. The topological polar surface area (TPSA) is 59.1 Å². The van der Waals surface area contributed by atoms with Gasteiger partial charge in [-0.2, -0.15) is 0 Å². The maximum atomic E-state index is 12.3. The van der Waals surface area contributed by atoms with Gasteiger partial charge in [0.15, 0.2) is 0 Å². The number of methoxy groups -OCH3 is 1. The average Bonchev–Trinajstić information content (AvgIpc) is 3.20. The second kappa shape index (κ2) is 7.66. The van der Waals surface area contributed by atoms with Crippen LogP contribution < -0.4 is 0 Å². The van der Waals surface area contributed by atoms with Crippen molar-refractivity contribution in [3.8, 4) is 0 Å². The average molecular weight is 332 g/mol. The monoisotopic (exact) mass is 332 g/mol. The van der Waals surface area contributed by atoms with Gasteiger partial charge in [-0.1, -0.05) is 30.3 Å². The highest BCUT2D eigenvalue weighted by atomic mass is 16.6. The van der Waals surface area contributed by atoms with Gasteiger partial charge in [0, 0.05) is 19.0 Å². The smallest absolute Gasteiger partial charge is 0.424 e. The first kappa shape index (κ1) is 16.8. The summed E-state index contributed by atoms with van der Waals surface area (Å²) in [5.41, 5.74) is 1.19. The molecule has 0 unspecified atom stereocenters. The Balaban J connectivity index is 1.67. The standard InChI is InChI=1S/C18H24N2O4/c1-23-17(21)10-9-15-8-5-11-19(15)20-16(13-24-18(20)22)12-14-6-3-2-4-7-14/h2-4,6-7,15-16H,5,8-13H2,1H3/t15-,16-/m0/s1. The molecule has 0 aliphatic carbocycles. The van der Waals surface area contributed by atoms with E-state index in [0.717, 1.165) is 25.8 Å². The Kier molecular flexibility index (Phi) is 5.35. The molecule has 3 rings (SSSR count). The van der Waals surface area contributed by atoms with Gasteiger partial charge in [-0.25, -0.2) is 14.8 Å². The van der Waals surface area contributed by atoms with Crippen LogP contribution in [0.4, 0.5) is 4.79 Å². The molecule has 1 amide bonds. The maximum Gasteiger partial charge on any atom is 0.424 e. The molecule has 2 atom stereocenters. The number of carbonyl (C=O) groups is 2. The number of cyclic esters (lactones) is 1. The summed E-state index contributed by atoms with van der Waals surface area (Å²) >= 11 is 0. The molecule has 2 fully saturated rings. The molecule has 0 N–H and O–H groups in total. The highest BCUT2D eigenvalue weighted by Gasteiger charge is 2.41. The molecule has 130 valence electrons. The van der Waals surface area contributed by atoms with Crippen LogP contribution in [-0.2, 0) is 20.7 Å². The number of ether oxygens (including phenoxy) is 2. The van der Waals surface area contributed by atoms with Crippen LogP contribution in [0.3, 0.4) is 0 Å². The number of hydrogen-bond donors (Lipinski definition) is 0. The van der Waals surface area contributed by atoms with Crippen molar-refractivity contribution in [3.05, 3.63) is 35.9 Å². The Morgan fingerprint density at radius 2 is 2.08 bits per heavy atom. The van der Waals surface area contributed by atoms with E-state index in [1.54, 1.807) is 5.01 Å². The molecule has 2 aliphatic rings. The molecule has 2 heterocycles. The number of benzene rings is 1. The van der Waals surface area contributed by atoms with Crippen molar-refractivity contribution >= 4 is 12.1 Å². The Hall–Kier alpha value is -2.08. The molecule has 0 radical (unpaired) electrons. The molecule has 6 nitrogen and oxygen atoms in total. The van der Waals surface area contributed by atoms with E-state index in [2.05, 4.69) is 17.1 Å². The van der Waals surface area contributed by atoms with Crippen LogP contribution in [-0.4, -0.2) is 54.4 Å². The van der Waals surface area contributed by atoms with Crippen molar-refractivity contribution in [1.82, 2.24) is 10.0 Å². The van der Waals surface area contributed by atoms with Crippen molar-refractivity contribution in [2.75, 3.05) is 20.3 Å². The van der Waals surface area contributed by atoms with Crippen LogP contribution in [0.25, 0.3) is 0 Å². The van der Waals surface area contributed by atoms with Crippen LogP contribution in [0.15, 0.2) is 30.3 Å². The molecule has 2 aliphatic heterocycles. The zero-order valence-electron chi connectivity index (χ0n) is 14.0. The lowest BCUT2D eigenvalue weighted by Gasteiger charge is -2.35. The Morgan fingerprint density at radius 1 is 1.29 bits per heavy atom. The molecule has 2 saturated heterocycles. The van der Waals surface area contributed by atoms with E-state index in [9.17, 15) is 9.59 Å². The molecular formula is C18H24N2O4. The minimum atomic E-state index is -0.277. The van der Waals surface area contributed by atoms with Gasteiger partial charge in [0.05, 0.1) is 13.2 Å². The van der Waals surface area contributed by atoms with Gasteiger partial charge in [-0.05, 0) is 31.2 Å². The van der Waals surface area contributed by atoms with Gasteiger partial charge in [-0.15, -0.1) is 0 Å². The third-order valence-corrected chi connectivity index (χ3v) is 4.78. The molecule has 24 heavy (non-hydrogen) atoms. The summed E-state index contributed by atoms with van der Waals surface area (Å²) in [7, 11) is 1.41. The fourth-order valence-corrected chi connectivity index (χ4v) is 3.58. The molecule has 0 saturated carbocycles. The van der Waals surface area contributed by atoms with E-state index in [-0.39, 0.29) is 24.1 Å². The fraction of sp³-hybridized carbons (Fsp3) is 0.556. The van der Waals surface area contributed by atoms with Crippen molar-refractivity contribution in [3.63, 3.8) is 0 Å². The van der Waals surface area contributed by atoms with Crippen LogP contribution in [0.2, 0.25) is 0 Å². The van der Waals surface area contributed by atoms with Crippen molar-refractivity contribution in [2.24, 2.45) is 0 Å². The summed E-state index contributed by atoms with van der Waals surface area (Å²) in [5, 5.41) is 3.88. The molecule has 0 bridgehead atoms. The van der Waals surface area contributed by atoms with Crippen molar-refractivity contribution in [1.29, 1.82) is 0 Å². The molecule has 0 spiro atoms. The largest absolute Gasteiger partial charge is 0.469 e. The van der Waals surface area contributed by atoms with Crippen molar-refractivity contribution in [2.45, 2.75) is 44.2 Å². The zero-order valence-corrected chi connectivity index (χ0v) is 14.0. The minimum absolute atomic E-state index is 0.0126. The second-order valence-corrected chi connectivity index (χ2v) is 6.34. The summed E-state index contributed by atoms with van der Waals surface area (Å²) in [6.07, 6.45) is 3.58. The molecule has 6 heteroatoms. The van der Waals surface area contributed by atoms with Gasteiger partial charge >= 0.3 is 12.1 Å². The predicted octanol–water partition coefficient (Wildman–Crippen LogP) is 2.38. The lowest BCUT2D eigenvalue weighted by atomic mass is 10.1. The van der Waals surface area contributed by atoms with Gasteiger partial charge in [-0.3, -0.25) is 4.79 Å². The Labute approximate surface area is 142 Å². The van der Waals surface area contributed by atoms with Gasteiger partial charge < -0.3 is 9.47 Å². The predicted molar refractivity (Wildman–Crippen MR) is 88.1 cm³/mol. The van der Waals surface area contributed by atoms with E-state index in [1.165, 1.54) is 12.7 Å². The third-order valence-electron chi connectivity index (χ3n) is 4.78. The Bertz CT molecular complexity index is 578. The lowest BCUT2D eigenvalue weighted by molar-refractivity contribution is -0.141. The van der Waals surface area contributed by atoms with E-state index >= 15 is 0 Å². The van der Waals surface area contributed by atoms with Crippen LogP contribution >= 0.6 is 0 Å². The first-order valence-electron chi connectivity index (χ1n) is 8.52. The van der Waals surface area contributed by atoms with E-state index in [0.29, 0.717) is 19.4 Å². The van der Waals surface area contributed by atoms with Gasteiger partial charge in [0.25, 0.3) is 0 Å². The van der Waals surface area contributed by atoms with E-state index in [1.807, 2.05) is 18.2 Å². The van der Waals surface area contributed by atoms with Crippen LogP contribution in [0.5, 0.6) is 0 Å². The van der Waals surface area contributed by atoms with Crippen LogP contribution in [0.1, 0.15) is 31.2 Å². The van der Waals surface area contributed by atoms with E-state index in [4.69, 9.17) is 9.47 Å². The molecular weight excluding hydrogens is 308 g/mol. The minimum Gasteiger partial charge on any atom is -0.469 e. The molecule has 0 aromatic heterocycles. The number of carbonyl (C=O) groups excluding carboxylic acids is 2. The normalized spacial score (nSPS) is 24.2. The van der Waals surface area contributed by atoms with E-state index < -0.39 is 0 Å². The lowest BCUT2D eigenvalue weighted by Crippen LogP contribution is -2.51. The first-order chi connectivity index (χ1) is 11.7. The van der Waals surface area contributed by atoms with Crippen LogP contribution in [0, 0.1) is 0 Å². The SMILES string of the molecule is COC(=O)CC[C@@H]1CCCN1N1C(=O)OC[C@@H]1Cc1ccccc1. The number of esters is 1. The number of nitrogens with zero attached hydrogens (tertiary/aromatic N) is 2. The number of amides is 1. The maximum absolute atomic E-state index is 12.3. The van der Waals surface area contributed by atoms with Crippen molar-refractivity contribution < 1.29 is 19.1 Å². The number of rotatable bonds is 6. The summed E-state index contributed by atoms with van der Waals surface area (Å²) < 4.78 is 10.0. The van der Waals surface area contributed by atoms with Gasteiger partial charge in [0.1, 0.15) is 6.61 Å². The quantitative estimate of drug-likeness (QED) is 0.749. The highest BCUT2D eigenvalue weighted by Crippen LogP contribution is 2.29. The summed E-state index contributed by atoms with van der Waals surface area (Å²) in [5.74, 6) is -0.202. The summed E-state index contributed by atoms with van der Waals surface area (Å²) in [6, 6.07) is 10.3. The first-order valence-corrected chi connectivity index (χ1v) is 8.52. The summed E-state index contributed by atoms with van der Waals surface area (Å²) in [6.45, 7) is 1.24. The number of hydrogen-bond acceptors (Lipinski definition) is 5. The molecule has 1 aromatic rings. The summed E-state index contributed by atoms with van der Waals surface area (Å²) in [4.78, 5) is 23.7. The van der Waals surface area contributed by atoms with Gasteiger partial charge in [0.2, 0.25) is 0 Å². The Morgan fingerprint density at radius 3 is 2.83 bits per heavy atom. The fourth-order valence-electron chi connectivity index (χ4n) is 3.58. The third kappa shape index (κ3) is 3.70. The number of hydrazine groups is 1. The second-order valence-electron chi connectivity index (χ2n) is 6.34. The molecule has 1 aromatic carbocycles. The highest BCUT2D eigenvalue weighted by molar-refractivity contribution is 5.70.